The zero-order valence-electron chi connectivity index (χ0n) is 48.4. The molecule has 0 atom stereocenters. The van der Waals surface area contributed by atoms with E-state index in [-0.39, 0.29) is 0 Å². The predicted octanol–water partition coefficient (Wildman–Crippen LogP) is 15.6. The van der Waals surface area contributed by atoms with Gasteiger partial charge in [0, 0.05) is 44.8 Å². The Kier molecular flexibility index (Phi) is 20.2. The summed E-state index contributed by atoms with van der Waals surface area (Å²) >= 11 is 0. The molecule has 0 amide bonds. The molecule has 16 nitrogen and oxygen atoms in total. The Balaban J connectivity index is 1.41. The lowest BCUT2D eigenvalue weighted by Crippen LogP contribution is -2.03. The van der Waals surface area contributed by atoms with E-state index in [1.54, 1.807) is 0 Å². The van der Waals surface area contributed by atoms with Crippen LogP contribution in [0.4, 0.5) is 0 Å². The lowest BCUT2D eigenvalue weighted by molar-refractivity contribution is 0.262. The molecule has 426 valence electrons. The quantitative estimate of drug-likeness (QED) is 0.0363. The van der Waals surface area contributed by atoms with Crippen molar-refractivity contribution in [2.75, 3.05) is 52.9 Å². The van der Waals surface area contributed by atoms with Crippen molar-refractivity contribution in [2.24, 2.45) is 0 Å². The van der Waals surface area contributed by atoms with E-state index in [0.717, 1.165) is 103 Å². The van der Waals surface area contributed by atoms with Crippen molar-refractivity contribution in [2.45, 2.75) is 158 Å². The van der Waals surface area contributed by atoms with Gasteiger partial charge in [0.2, 0.25) is 0 Å². The van der Waals surface area contributed by atoms with Crippen LogP contribution in [0.3, 0.4) is 0 Å². The largest absolute Gasteiger partial charge is 0.490 e. The van der Waals surface area contributed by atoms with Gasteiger partial charge in [0.25, 0.3) is 0 Å². The van der Waals surface area contributed by atoms with Crippen molar-refractivity contribution < 1.29 is 37.9 Å². The Morgan fingerprint density at radius 3 is 0.600 bits per heavy atom. The molecule has 2 aliphatic rings. The number of hydrogen-bond donors (Lipinski definition) is 0. The third-order valence-electron chi connectivity index (χ3n) is 14.0. The van der Waals surface area contributed by atoms with Crippen LogP contribution >= 0.6 is 0 Å². The standard InChI is InChI=1S/C64H80N8O8/c1-9-17-25-73-49-33-41-42(34-50(49)74-26-18-10-2)58-65-57(41)69-59-43-35-51(75-27-19-11-3)52(76-28-20-12-4)36-44(43)61(66-59)71-63-47-39-55(79-31-23-15-7)56(80-32-24-16-8)40-48(47)64(68-63)72-62-46-38-54(78-30-22-14-6)53(77-29-21-13-5)37-45(46)60(67-62)70-58/h33-40H,9-32H2,1-8H3/q-2. The molecule has 0 aliphatic carbocycles. The van der Waals surface area contributed by atoms with Crippen LogP contribution in [0, 0.1) is 0 Å². The molecule has 16 heteroatoms. The van der Waals surface area contributed by atoms with Crippen molar-refractivity contribution in [3.05, 3.63) is 48.5 Å². The van der Waals surface area contributed by atoms with Gasteiger partial charge < -0.3 is 67.8 Å². The predicted molar refractivity (Wildman–Crippen MR) is 317 cm³/mol. The molecule has 0 N–H and O–H groups in total. The number of unbranched alkanes of at least 4 members (excludes halogenated alkanes) is 8. The summed E-state index contributed by atoms with van der Waals surface area (Å²) < 4.78 is 52.1. The Morgan fingerprint density at radius 2 is 0.425 bits per heavy atom. The Bertz CT molecular complexity index is 2960. The zero-order valence-corrected chi connectivity index (χ0v) is 48.4. The minimum absolute atomic E-state index is 0.383. The molecule has 8 bridgehead atoms. The monoisotopic (exact) mass is 1090 g/mol. The van der Waals surface area contributed by atoms with E-state index >= 15 is 0 Å². The Morgan fingerprint density at radius 1 is 0.250 bits per heavy atom. The molecule has 0 fully saturated rings. The Labute approximate surface area is 471 Å². The van der Waals surface area contributed by atoms with Gasteiger partial charge in [-0.3, -0.25) is 0 Å². The summed E-state index contributed by atoms with van der Waals surface area (Å²) in [4.78, 5) is 42.6. The van der Waals surface area contributed by atoms with Gasteiger partial charge in [-0.1, -0.05) is 107 Å². The highest BCUT2D eigenvalue weighted by Gasteiger charge is 2.24. The second-order valence-corrected chi connectivity index (χ2v) is 20.5. The van der Waals surface area contributed by atoms with E-state index in [1.165, 1.54) is 0 Å². The first-order chi connectivity index (χ1) is 39.3. The fourth-order valence-electron chi connectivity index (χ4n) is 9.20. The SMILES string of the molecule is CCCCOc1cc2c(cc1OCCCC)-c1nc-2nc2[n-]c(nc3nc(nc4[n-]c(n1)c1cc(OCCCC)c(OCCCC)cc41)-c1cc(OCCCC)c(OCCCC)cc1-3)c1cc(OCCCC)c(OCCCC)cc21. The van der Waals surface area contributed by atoms with E-state index in [0.29, 0.717) is 189 Å². The molecule has 0 saturated heterocycles. The average molecular weight is 1090 g/mol. The van der Waals surface area contributed by atoms with Gasteiger partial charge in [-0.25, -0.2) is 9.97 Å². The summed E-state index contributed by atoms with van der Waals surface area (Å²) in [7, 11) is 0. The topological polar surface area (TPSA) is 179 Å². The van der Waals surface area contributed by atoms with Gasteiger partial charge in [-0.15, -0.1) is 0 Å². The van der Waals surface area contributed by atoms with Crippen molar-refractivity contribution >= 4 is 44.1 Å². The van der Waals surface area contributed by atoms with Gasteiger partial charge in [-0.05, 0) is 121 Å². The first kappa shape index (κ1) is 57.3. The van der Waals surface area contributed by atoms with Gasteiger partial charge in [0.1, 0.15) is 0 Å². The smallest absolute Gasteiger partial charge is 0.161 e. The van der Waals surface area contributed by atoms with E-state index in [4.69, 9.17) is 77.8 Å². The molecule has 7 aromatic rings. The van der Waals surface area contributed by atoms with Crippen LogP contribution in [0.15, 0.2) is 48.5 Å². The highest BCUT2D eigenvalue weighted by atomic mass is 16.5. The minimum Gasteiger partial charge on any atom is -0.490 e. The number of benzene rings is 4. The number of hydrogen-bond acceptors (Lipinski definition) is 14. The van der Waals surface area contributed by atoms with Crippen molar-refractivity contribution in [1.29, 1.82) is 0 Å². The fourth-order valence-corrected chi connectivity index (χ4v) is 9.20. The molecule has 0 radical (unpaired) electrons. The number of aromatic nitrogens is 8. The van der Waals surface area contributed by atoms with E-state index < -0.39 is 0 Å². The maximum atomic E-state index is 6.51. The van der Waals surface area contributed by atoms with Crippen molar-refractivity contribution in [3.63, 3.8) is 0 Å². The van der Waals surface area contributed by atoms with Crippen molar-refractivity contribution in [1.82, 2.24) is 39.9 Å². The average Bonchev–Trinajstić information content (AvgIpc) is 4.23. The van der Waals surface area contributed by atoms with Gasteiger partial charge in [-0.2, -0.15) is 0 Å². The molecule has 2 aliphatic heterocycles. The molecule has 0 unspecified atom stereocenters. The van der Waals surface area contributed by atoms with Crippen LogP contribution in [-0.2, 0) is 0 Å². The summed E-state index contributed by atoms with van der Waals surface area (Å²) in [5, 5.41) is 2.81. The van der Waals surface area contributed by atoms with Crippen LogP contribution < -0.4 is 47.9 Å². The lowest BCUT2D eigenvalue weighted by atomic mass is 10.1. The summed E-state index contributed by atoms with van der Waals surface area (Å²) in [6.45, 7) is 21.3. The lowest BCUT2D eigenvalue weighted by Gasteiger charge is -2.15. The summed E-state index contributed by atoms with van der Waals surface area (Å²) in [6, 6.07) is 15.8. The highest BCUT2D eigenvalue weighted by molar-refractivity contribution is 6.08. The zero-order chi connectivity index (χ0) is 55.8. The molecular weight excluding hydrogens is 1010 g/mol. The molecule has 4 aromatic carbocycles. The van der Waals surface area contributed by atoms with Crippen LogP contribution in [0.1, 0.15) is 158 Å². The number of rotatable bonds is 32. The van der Waals surface area contributed by atoms with E-state index in [1.807, 2.05) is 48.5 Å². The fraction of sp³-hybridized carbons (Fsp3) is 0.500. The van der Waals surface area contributed by atoms with Gasteiger partial charge in [0.05, 0.1) is 76.2 Å². The molecule has 80 heavy (non-hydrogen) atoms. The first-order valence-electron chi connectivity index (χ1n) is 29.8. The van der Waals surface area contributed by atoms with E-state index in [2.05, 4.69) is 55.4 Å². The summed E-state index contributed by atoms with van der Waals surface area (Å²) in [5.41, 5.74) is 4.34. The second-order valence-electron chi connectivity index (χ2n) is 20.5. The van der Waals surface area contributed by atoms with Crippen LogP contribution in [-0.4, -0.2) is 82.8 Å². The molecule has 9 rings (SSSR count). The molecule has 5 heterocycles. The maximum Gasteiger partial charge on any atom is 0.161 e. The van der Waals surface area contributed by atoms with Crippen LogP contribution in [0.2, 0.25) is 0 Å². The summed E-state index contributed by atoms with van der Waals surface area (Å²) in [5.74, 6) is 6.34. The number of fused-ring (bicyclic) bond motifs is 20. The van der Waals surface area contributed by atoms with Crippen molar-refractivity contribution in [3.8, 4) is 91.5 Å². The minimum atomic E-state index is 0.383. The molecule has 3 aromatic heterocycles. The summed E-state index contributed by atoms with van der Waals surface area (Å²) in [6.07, 6.45) is 14.8. The number of nitrogens with zero attached hydrogens (tertiary/aromatic N) is 8. The highest BCUT2D eigenvalue weighted by Crippen LogP contribution is 2.46. The molecule has 0 spiro atoms. The maximum absolute atomic E-state index is 6.51. The third kappa shape index (κ3) is 13.3. The third-order valence-corrected chi connectivity index (χ3v) is 14.0. The van der Waals surface area contributed by atoms with Crippen LogP contribution in [0.25, 0.3) is 89.7 Å². The Hall–Kier alpha value is -7.36. The molecular formula is C64H80N8O8-2. The van der Waals surface area contributed by atoms with Crippen LogP contribution in [0.5, 0.6) is 46.0 Å². The van der Waals surface area contributed by atoms with E-state index in [9.17, 15) is 0 Å². The van der Waals surface area contributed by atoms with Gasteiger partial charge in [0.15, 0.2) is 46.0 Å². The second kappa shape index (κ2) is 28.2. The normalized spacial score (nSPS) is 11.7. The molecule has 0 saturated carbocycles. The number of ether oxygens (including phenoxy) is 8. The first-order valence-corrected chi connectivity index (χ1v) is 29.8. The van der Waals surface area contributed by atoms with Gasteiger partial charge >= 0.3 is 0 Å².